The van der Waals surface area contributed by atoms with E-state index in [9.17, 15) is 14.4 Å². The quantitative estimate of drug-likeness (QED) is 0.393. The molecule has 128 valence electrons. The van der Waals surface area contributed by atoms with E-state index in [1.54, 1.807) is 0 Å². The summed E-state index contributed by atoms with van der Waals surface area (Å²) in [5, 5.41) is 35.7. The number of carbonyl (C=O) groups excluding carboxylic acids is 1. The molecule has 2 unspecified atom stereocenters. The zero-order chi connectivity index (χ0) is 17.3. The van der Waals surface area contributed by atoms with Crippen molar-refractivity contribution in [2.24, 2.45) is 5.92 Å². The van der Waals surface area contributed by atoms with E-state index in [1.807, 2.05) is 6.92 Å². The van der Waals surface area contributed by atoms with Gasteiger partial charge in [-0.05, 0) is 32.2 Å². The van der Waals surface area contributed by atoms with Crippen molar-refractivity contribution in [3.8, 4) is 0 Å². The molecule has 0 saturated carbocycles. The second-order valence-electron chi connectivity index (χ2n) is 4.95. The molecule has 1 aliphatic rings. The van der Waals surface area contributed by atoms with E-state index in [0.29, 0.717) is 12.5 Å². The fourth-order valence-electron chi connectivity index (χ4n) is 1.80. The van der Waals surface area contributed by atoms with Crippen molar-refractivity contribution in [3.05, 3.63) is 0 Å². The molecule has 0 aromatic carbocycles. The maximum Gasteiger partial charge on any atom is 0.335 e. The number of hydrogen-bond acceptors (Lipinski definition) is 7. The van der Waals surface area contributed by atoms with Crippen molar-refractivity contribution in [2.75, 3.05) is 13.2 Å². The van der Waals surface area contributed by atoms with Gasteiger partial charge in [-0.1, -0.05) is 6.92 Å². The highest BCUT2D eigenvalue weighted by Gasteiger charge is 2.29. The zero-order valence-electron chi connectivity index (χ0n) is 12.6. The third kappa shape index (κ3) is 7.34. The first kappa shape index (κ1) is 20.3. The molecule has 5 N–H and O–H groups in total. The average Bonchev–Trinajstić information content (AvgIpc) is 2.46. The molecule has 22 heavy (non-hydrogen) atoms. The SMILES string of the molecule is CCOC(=O)C1CC(C)CCN1.O=C(O)[C@H](O)[C@@H](O)C(=O)O. The second kappa shape index (κ2) is 10.1. The number of nitrogens with one attached hydrogen (secondary N) is 1. The van der Waals surface area contributed by atoms with E-state index in [1.165, 1.54) is 0 Å². The van der Waals surface area contributed by atoms with Gasteiger partial charge in [0.2, 0.25) is 0 Å². The van der Waals surface area contributed by atoms with E-state index in [-0.39, 0.29) is 12.0 Å². The maximum atomic E-state index is 11.3. The van der Waals surface area contributed by atoms with Gasteiger partial charge in [0, 0.05) is 0 Å². The van der Waals surface area contributed by atoms with Gasteiger partial charge in [0.05, 0.1) is 6.61 Å². The van der Waals surface area contributed by atoms with Crippen molar-refractivity contribution >= 4 is 17.9 Å². The highest BCUT2D eigenvalue weighted by Crippen LogP contribution is 2.15. The normalized spacial score (nSPS) is 23.5. The molecule has 9 heteroatoms. The Morgan fingerprint density at radius 3 is 2.05 bits per heavy atom. The van der Waals surface area contributed by atoms with Gasteiger partial charge in [-0.2, -0.15) is 0 Å². The number of aliphatic hydroxyl groups excluding tert-OH is 2. The summed E-state index contributed by atoms with van der Waals surface area (Å²) < 4.78 is 4.93. The van der Waals surface area contributed by atoms with Crippen LogP contribution in [0.2, 0.25) is 0 Å². The van der Waals surface area contributed by atoms with Crippen molar-refractivity contribution in [3.63, 3.8) is 0 Å². The molecule has 9 nitrogen and oxygen atoms in total. The Balaban J connectivity index is 0.000000409. The lowest BCUT2D eigenvalue weighted by molar-refractivity contribution is -0.165. The summed E-state index contributed by atoms with van der Waals surface area (Å²) in [5.41, 5.74) is 0. The summed E-state index contributed by atoms with van der Waals surface area (Å²) in [6, 6.07) is -0.0614. The van der Waals surface area contributed by atoms with Gasteiger partial charge in [-0.25, -0.2) is 9.59 Å². The number of aliphatic carboxylic acids is 2. The molecule has 1 heterocycles. The van der Waals surface area contributed by atoms with Gasteiger partial charge in [0.25, 0.3) is 0 Å². The van der Waals surface area contributed by atoms with Crippen LogP contribution in [0.1, 0.15) is 26.7 Å². The number of carboxylic acid groups (broad SMARTS) is 2. The van der Waals surface area contributed by atoms with Crippen molar-refractivity contribution in [1.82, 2.24) is 5.32 Å². The molecule has 0 radical (unpaired) electrons. The van der Waals surface area contributed by atoms with Crippen LogP contribution in [0, 0.1) is 5.92 Å². The fourth-order valence-corrected chi connectivity index (χ4v) is 1.80. The minimum Gasteiger partial charge on any atom is -0.479 e. The summed E-state index contributed by atoms with van der Waals surface area (Å²) in [6.45, 7) is 5.42. The standard InChI is InChI=1S/C9H17NO2.C4H6O6/c1-3-12-9(11)8-6-7(2)4-5-10-8;5-1(3(7)8)2(6)4(9)10/h7-8,10H,3-6H2,1-2H3;1-2,5-6H,(H,7,8)(H,9,10)/t;1-,2-/m.1/s1. The summed E-state index contributed by atoms with van der Waals surface area (Å²) in [5.74, 6) is -2.99. The molecule has 1 rings (SSSR count). The zero-order valence-corrected chi connectivity index (χ0v) is 12.6. The summed E-state index contributed by atoms with van der Waals surface area (Å²) in [6.07, 6.45) is -2.45. The smallest absolute Gasteiger partial charge is 0.335 e. The van der Waals surface area contributed by atoms with Crippen LogP contribution >= 0.6 is 0 Å². The number of ether oxygens (including phenoxy) is 1. The minimum absolute atomic E-state index is 0.0614. The van der Waals surface area contributed by atoms with Crippen LogP contribution in [-0.4, -0.2) is 69.7 Å². The van der Waals surface area contributed by atoms with E-state index < -0.39 is 24.1 Å². The molecule has 4 atom stereocenters. The monoisotopic (exact) mass is 321 g/mol. The minimum atomic E-state index is -2.27. The Bertz CT molecular complexity index is 368. The Hall–Kier alpha value is -1.71. The first-order valence-corrected chi connectivity index (χ1v) is 6.92. The molecule has 0 bridgehead atoms. The summed E-state index contributed by atoms with van der Waals surface area (Å²) >= 11 is 0. The molecule has 0 aromatic heterocycles. The lowest BCUT2D eigenvalue weighted by atomic mass is 9.94. The topological polar surface area (TPSA) is 153 Å². The number of carboxylic acids is 2. The van der Waals surface area contributed by atoms with E-state index in [4.69, 9.17) is 25.2 Å². The highest BCUT2D eigenvalue weighted by atomic mass is 16.5. The second-order valence-corrected chi connectivity index (χ2v) is 4.95. The van der Waals surface area contributed by atoms with E-state index in [2.05, 4.69) is 12.2 Å². The number of piperidine rings is 1. The predicted octanol–water partition coefficient (Wildman–Crippen LogP) is -1.18. The Kier molecular flexibility index (Phi) is 9.31. The number of hydrogen-bond donors (Lipinski definition) is 5. The van der Waals surface area contributed by atoms with Crippen LogP contribution in [0.3, 0.4) is 0 Å². The van der Waals surface area contributed by atoms with E-state index in [0.717, 1.165) is 19.4 Å². The van der Waals surface area contributed by atoms with Crippen LogP contribution in [0.4, 0.5) is 0 Å². The van der Waals surface area contributed by atoms with Gasteiger partial charge >= 0.3 is 17.9 Å². The lowest BCUT2D eigenvalue weighted by Gasteiger charge is -2.26. The summed E-state index contributed by atoms with van der Waals surface area (Å²) in [4.78, 5) is 30.8. The Morgan fingerprint density at radius 1 is 1.18 bits per heavy atom. The number of carbonyl (C=O) groups is 3. The fraction of sp³-hybridized carbons (Fsp3) is 0.769. The molecule has 0 amide bonds. The molecular weight excluding hydrogens is 298 g/mol. The number of aliphatic hydroxyl groups is 2. The largest absolute Gasteiger partial charge is 0.479 e. The first-order chi connectivity index (χ1) is 10.2. The third-order valence-electron chi connectivity index (χ3n) is 3.04. The predicted molar refractivity (Wildman–Crippen MR) is 74.1 cm³/mol. The molecular formula is C13H23NO8. The lowest BCUT2D eigenvalue weighted by Crippen LogP contribution is -2.43. The maximum absolute atomic E-state index is 11.3. The van der Waals surface area contributed by atoms with Gasteiger partial charge in [0.1, 0.15) is 6.04 Å². The third-order valence-corrected chi connectivity index (χ3v) is 3.04. The number of esters is 1. The van der Waals surface area contributed by atoms with E-state index >= 15 is 0 Å². The molecule has 0 spiro atoms. The molecule has 1 fully saturated rings. The van der Waals surface area contributed by atoms with Gasteiger partial charge in [0.15, 0.2) is 12.2 Å². The van der Waals surface area contributed by atoms with Crippen molar-refractivity contribution in [1.29, 1.82) is 0 Å². The summed E-state index contributed by atoms with van der Waals surface area (Å²) in [7, 11) is 0. The van der Waals surface area contributed by atoms with Crippen LogP contribution in [0.25, 0.3) is 0 Å². The number of rotatable bonds is 5. The van der Waals surface area contributed by atoms with Crippen LogP contribution in [-0.2, 0) is 19.1 Å². The Labute approximate surface area is 127 Å². The van der Waals surface area contributed by atoms with Crippen LogP contribution in [0.5, 0.6) is 0 Å². The molecule has 0 aromatic rings. The van der Waals surface area contributed by atoms with Crippen molar-refractivity contribution < 1.29 is 39.5 Å². The first-order valence-electron chi connectivity index (χ1n) is 6.92. The molecule has 1 saturated heterocycles. The van der Waals surface area contributed by atoms with Crippen LogP contribution in [0.15, 0.2) is 0 Å². The average molecular weight is 321 g/mol. The Morgan fingerprint density at radius 2 is 1.68 bits per heavy atom. The van der Waals surface area contributed by atoms with Crippen molar-refractivity contribution in [2.45, 2.75) is 44.9 Å². The molecule has 0 aliphatic carbocycles. The van der Waals surface area contributed by atoms with Gasteiger partial charge in [-0.3, -0.25) is 4.79 Å². The van der Waals surface area contributed by atoms with Gasteiger partial charge < -0.3 is 30.5 Å². The van der Waals surface area contributed by atoms with Crippen LogP contribution < -0.4 is 5.32 Å². The van der Waals surface area contributed by atoms with Gasteiger partial charge in [-0.15, -0.1) is 0 Å². The molecule has 1 aliphatic heterocycles. The highest BCUT2D eigenvalue weighted by molar-refractivity contribution is 5.83.